The summed E-state index contributed by atoms with van der Waals surface area (Å²) in [5, 5.41) is 0. The summed E-state index contributed by atoms with van der Waals surface area (Å²) < 4.78 is 5.73. The minimum atomic E-state index is 0.695. The first-order valence-corrected chi connectivity index (χ1v) is 6.78. The van der Waals surface area contributed by atoms with Gasteiger partial charge >= 0.3 is 0 Å². The standard InChI is InChI=1S/C15H25NO/c1-2-3-4-5-6-12-17-15-9-7-8-14(13-15)10-11-16/h7-9,13H,2-6,10-12,16H2,1H3. The lowest BCUT2D eigenvalue weighted by atomic mass is 10.1. The fraction of sp³-hybridized carbons (Fsp3) is 0.600. The summed E-state index contributed by atoms with van der Waals surface area (Å²) in [5.41, 5.74) is 6.80. The van der Waals surface area contributed by atoms with E-state index in [1.165, 1.54) is 31.2 Å². The van der Waals surface area contributed by atoms with Gasteiger partial charge in [0.25, 0.3) is 0 Å². The zero-order chi connectivity index (χ0) is 12.3. The lowest BCUT2D eigenvalue weighted by Crippen LogP contribution is -2.03. The van der Waals surface area contributed by atoms with Crippen molar-refractivity contribution in [2.24, 2.45) is 5.73 Å². The molecular weight excluding hydrogens is 210 g/mol. The summed E-state index contributed by atoms with van der Waals surface area (Å²) in [5.74, 6) is 0.978. The van der Waals surface area contributed by atoms with Crippen LogP contribution in [-0.2, 0) is 6.42 Å². The van der Waals surface area contributed by atoms with Crippen molar-refractivity contribution in [3.05, 3.63) is 29.8 Å². The van der Waals surface area contributed by atoms with Crippen LogP contribution in [0.5, 0.6) is 5.75 Å². The topological polar surface area (TPSA) is 35.2 Å². The molecule has 0 aliphatic heterocycles. The van der Waals surface area contributed by atoms with E-state index >= 15 is 0 Å². The molecule has 0 heterocycles. The highest BCUT2D eigenvalue weighted by Crippen LogP contribution is 2.14. The van der Waals surface area contributed by atoms with Crippen LogP contribution < -0.4 is 10.5 Å². The molecule has 2 heteroatoms. The number of hydrogen-bond donors (Lipinski definition) is 1. The Balaban J connectivity index is 2.19. The molecule has 0 aliphatic carbocycles. The van der Waals surface area contributed by atoms with Gasteiger partial charge in [0.05, 0.1) is 6.61 Å². The maximum absolute atomic E-state index is 5.73. The Morgan fingerprint density at radius 3 is 2.71 bits per heavy atom. The van der Waals surface area contributed by atoms with Gasteiger partial charge in [0, 0.05) is 0 Å². The molecule has 0 spiro atoms. The van der Waals surface area contributed by atoms with E-state index in [1.807, 2.05) is 12.1 Å². The van der Waals surface area contributed by atoms with E-state index < -0.39 is 0 Å². The Morgan fingerprint density at radius 1 is 1.12 bits per heavy atom. The monoisotopic (exact) mass is 235 g/mol. The highest BCUT2D eigenvalue weighted by Gasteiger charge is 1.96. The minimum absolute atomic E-state index is 0.695. The largest absolute Gasteiger partial charge is 0.494 e. The molecule has 0 bridgehead atoms. The highest BCUT2D eigenvalue weighted by atomic mass is 16.5. The summed E-state index contributed by atoms with van der Waals surface area (Å²) in [6, 6.07) is 8.25. The molecule has 0 aromatic heterocycles. The molecular formula is C15H25NO. The average Bonchev–Trinajstić information content (AvgIpc) is 2.35. The van der Waals surface area contributed by atoms with Gasteiger partial charge in [0.15, 0.2) is 0 Å². The summed E-state index contributed by atoms with van der Waals surface area (Å²) in [6.45, 7) is 3.76. The van der Waals surface area contributed by atoms with Crippen molar-refractivity contribution in [1.29, 1.82) is 0 Å². The molecule has 96 valence electrons. The van der Waals surface area contributed by atoms with Gasteiger partial charge in [-0.2, -0.15) is 0 Å². The molecule has 0 saturated heterocycles. The van der Waals surface area contributed by atoms with Crippen molar-refractivity contribution >= 4 is 0 Å². The van der Waals surface area contributed by atoms with Gasteiger partial charge in [-0.25, -0.2) is 0 Å². The molecule has 2 N–H and O–H groups in total. The first-order valence-electron chi connectivity index (χ1n) is 6.78. The summed E-state index contributed by atoms with van der Waals surface area (Å²) in [4.78, 5) is 0. The van der Waals surface area contributed by atoms with Crippen LogP contribution in [0.4, 0.5) is 0 Å². The van der Waals surface area contributed by atoms with Gasteiger partial charge in [0.1, 0.15) is 5.75 Å². The zero-order valence-electron chi connectivity index (χ0n) is 11.0. The van der Waals surface area contributed by atoms with Crippen LogP contribution in [0.15, 0.2) is 24.3 Å². The van der Waals surface area contributed by atoms with E-state index in [0.717, 1.165) is 25.2 Å². The Labute approximate surface area is 105 Å². The number of ether oxygens (including phenoxy) is 1. The Kier molecular flexibility index (Phi) is 7.48. The molecule has 0 aliphatic rings. The van der Waals surface area contributed by atoms with Crippen LogP contribution in [0.25, 0.3) is 0 Å². The molecule has 0 atom stereocenters. The van der Waals surface area contributed by atoms with Crippen molar-refractivity contribution in [2.45, 2.75) is 45.4 Å². The Hall–Kier alpha value is -1.02. The van der Waals surface area contributed by atoms with Crippen LogP contribution in [0.2, 0.25) is 0 Å². The Morgan fingerprint density at radius 2 is 1.94 bits per heavy atom. The second-order valence-electron chi connectivity index (χ2n) is 4.45. The van der Waals surface area contributed by atoms with Crippen LogP contribution in [0.3, 0.4) is 0 Å². The molecule has 0 amide bonds. The Bertz CT molecular complexity index is 299. The first kappa shape index (κ1) is 14.0. The third-order valence-corrected chi connectivity index (χ3v) is 2.85. The molecule has 1 aromatic rings. The van der Waals surface area contributed by atoms with Gasteiger partial charge < -0.3 is 10.5 Å². The van der Waals surface area contributed by atoms with Crippen LogP contribution in [-0.4, -0.2) is 13.2 Å². The van der Waals surface area contributed by atoms with Gasteiger partial charge in [-0.1, -0.05) is 44.7 Å². The van der Waals surface area contributed by atoms with E-state index in [9.17, 15) is 0 Å². The molecule has 17 heavy (non-hydrogen) atoms. The summed E-state index contributed by atoms with van der Waals surface area (Å²) in [6.07, 6.45) is 7.31. The summed E-state index contributed by atoms with van der Waals surface area (Å²) in [7, 11) is 0. The van der Waals surface area contributed by atoms with Gasteiger partial charge in [0.2, 0.25) is 0 Å². The van der Waals surface area contributed by atoms with Crippen LogP contribution in [0, 0.1) is 0 Å². The van der Waals surface area contributed by atoms with Crippen LogP contribution >= 0.6 is 0 Å². The van der Waals surface area contributed by atoms with Crippen molar-refractivity contribution in [3.8, 4) is 5.75 Å². The fourth-order valence-electron chi connectivity index (χ4n) is 1.85. The zero-order valence-corrected chi connectivity index (χ0v) is 11.0. The predicted octanol–water partition coefficient (Wildman–Crippen LogP) is 3.54. The molecule has 1 rings (SSSR count). The quantitative estimate of drug-likeness (QED) is 0.664. The minimum Gasteiger partial charge on any atom is -0.494 e. The lowest BCUT2D eigenvalue weighted by molar-refractivity contribution is 0.304. The molecule has 0 unspecified atom stereocenters. The normalized spacial score (nSPS) is 10.5. The molecule has 0 fully saturated rings. The second-order valence-corrected chi connectivity index (χ2v) is 4.45. The number of benzene rings is 1. The SMILES string of the molecule is CCCCCCCOc1cccc(CCN)c1. The molecule has 2 nitrogen and oxygen atoms in total. The number of nitrogens with two attached hydrogens (primary N) is 1. The maximum Gasteiger partial charge on any atom is 0.119 e. The van der Waals surface area contributed by atoms with Crippen molar-refractivity contribution < 1.29 is 4.74 Å². The number of unbranched alkanes of at least 4 members (excludes halogenated alkanes) is 4. The number of rotatable bonds is 9. The second kappa shape index (κ2) is 9.06. The first-order chi connectivity index (χ1) is 8.36. The number of hydrogen-bond acceptors (Lipinski definition) is 2. The maximum atomic E-state index is 5.73. The van der Waals surface area contributed by atoms with E-state index in [4.69, 9.17) is 10.5 Å². The lowest BCUT2D eigenvalue weighted by Gasteiger charge is -2.07. The third kappa shape index (κ3) is 6.32. The summed E-state index contributed by atoms with van der Waals surface area (Å²) >= 11 is 0. The molecule has 0 radical (unpaired) electrons. The molecule has 1 aromatic carbocycles. The average molecular weight is 235 g/mol. The van der Waals surface area contributed by atoms with Crippen molar-refractivity contribution in [3.63, 3.8) is 0 Å². The van der Waals surface area contributed by atoms with E-state index in [1.54, 1.807) is 0 Å². The van der Waals surface area contributed by atoms with E-state index in [0.29, 0.717) is 6.54 Å². The molecule has 0 saturated carbocycles. The van der Waals surface area contributed by atoms with Crippen LogP contribution in [0.1, 0.15) is 44.6 Å². The van der Waals surface area contributed by atoms with Crippen molar-refractivity contribution in [2.75, 3.05) is 13.2 Å². The third-order valence-electron chi connectivity index (χ3n) is 2.85. The van der Waals surface area contributed by atoms with Gasteiger partial charge in [-0.05, 0) is 37.1 Å². The fourth-order valence-corrected chi connectivity index (χ4v) is 1.85. The van der Waals surface area contributed by atoms with Crippen molar-refractivity contribution in [1.82, 2.24) is 0 Å². The highest BCUT2D eigenvalue weighted by molar-refractivity contribution is 5.28. The van der Waals surface area contributed by atoms with Gasteiger partial charge in [-0.15, -0.1) is 0 Å². The smallest absolute Gasteiger partial charge is 0.119 e. The van der Waals surface area contributed by atoms with E-state index in [-0.39, 0.29) is 0 Å². The van der Waals surface area contributed by atoms with E-state index in [2.05, 4.69) is 19.1 Å². The van der Waals surface area contributed by atoms with Gasteiger partial charge in [-0.3, -0.25) is 0 Å². The predicted molar refractivity (Wildman–Crippen MR) is 73.5 cm³/mol.